The van der Waals surface area contributed by atoms with Crippen molar-refractivity contribution in [3.05, 3.63) is 11.1 Å². The van der Waals surface area contributed by atoms with Crippen molar-refractivity contribution in [3.63, 3.8) is 0 Å². The van der Waals surface area contributed by atoms with E-state index >= 15 is 0 Å². The highest BCUT2D eigenvalue weighted by atomic mass is 32.1. The number of thiazole rings is 1. The summed E-state index contributed by atoms with van der Waals surface area (Å²) in [6.45, 7) is 7.70. The van der Waals surface area contributed by atoms with Crippen LogP contribution in [-0.4, -0.2) is 10.9 Å². The van der Waals surface area contributed by atoms with Gasteiger partial charge in [-0.3, -0.25) is 4.79 Å². The maximum absolute atomic E-state index is 11.9. The Bertz CT molecular complexity index is 371. The number of carbonyl (C=O) groups is 1. The molecule has 0 bridgehead atoms. The Morgan fingerprint density at radius 3 is 2.75 bits per heavy atom. The molecule has 1 aromatic heterocycles. The molecule has 0 aliphatic carbocycles. The molecule has 16 heavy (non-hydrogen) atoms. The molecule has 1 amide bonds. The highest BCUT2D eigenvalue weighted by Crippen LogP contribution is 2.24. The Labute approximate surface area is 100 Å². The first-order valence-electron chi connectivity index (χ1n) is 5.39. The fraction of sp³-hybridized carbons (Fsp3) is 0.636. The van der Waals surface area contributed by atoms with Crippen molar-refractivity contribution in [2.24, 2.45) is 11.1 Å². The SMILES string of the molecule is CCC(C)(C)C(=O)Nc1nc(C(C)N)cs1. The third-order valence-corrected chi connectivity index (χ3v) is 3.48. The molecule has 1 atom stereocenters. The van der Waals surface area contributed by atoms with Gasteiger partial charge in [-0.05, 0) is 13.3 Å². The van der Waals surface area contributed by atoms with E-state index in [0.717, 1.165) is 12.1 Å². The van der Waals surface area contributed by atoms with Gasteiger partial charge in [0.1, 0.15) is 0 Å². The summed E-state index contributed by atoms with van der Waals surface area (Å²) in [7, 11) is 0. The predicted molar refractivity (Wildman–Crippen MR) is 67.4 cm³/mol. The molecule has 5 heteroatoms. The molecule has 90 valence electrons. The molecule has 0 fully saturated rings. The second-order valence-corrected chi connectivity index (χ2v) is 5.42. The van der Waals surface area contributed by atoms with Crippen LogP contribution in [0.4, 0.5) is 5.13 Å². The summed E-state index contributed by atoms with van der Waals surface area (Å²) in [5.74, 6) is 0.000532. The maximum Gasteiger partial charge on any atom is 0.231 e. The highest BCUT2D eigenvalue weighted by Gasteiger charge is 2.26. The van der Waals surface area contributed by atoms with Crippen molar-refractivity contribution >= 4 is 22.4 Å². The van der Waals surface area contributed by atoms with Gasteiger partial charge in [-0.15, -0.1) is 11.3 Å². The van der Waals surface area contributed by atoms with E-state index in [4.69, 9.17) is 5.73 Å². The third kappa shape index (κ3) is 3.02. The van der Waals surface area contributed by atoms with Crippen LogP contribution in [0, 0.1) is 5.41 Å². The van der Waals surface area contributed by atoms with Crippen LogP contribution in [-0.2, 0) is 4.79 Å². The van der Waals surface area contributed by atoms with Gasteiger partial charge < -0.3 is 11.1 Å². The predicted octanol–water partition coefficient (Wildman–Crippen LogP) is 2.54. The lowest BCUT2D eigenvalue weighted by atomic mass is 9.89. The summed E-state index contributed by atoms with van der Waals surface area (Å²) in [6, 6.07) is -0.0962. The van der Waals surface area contributed by atoms with Crippen LogP contribution in [0.15, 0.2) is 5.38 Å². The van der Waals surface area contributed by atoms with Crippen molar-refractivity contribution in [2.75, 3.05) is 5.32 Å². The number of nitrogens with two attached hydrogens (primary N) is 1. The van der Waals surface area contributed by atoms with Crippen LogP contribution in [0.25, 0.3) is 0 Å². The van der Waals surface area contributed by atoms with Crippen molar-refractivity contribution in [3.8, 4) is 0 Å². The van der Waals surface area contributed by atoms with Gasteiger partial charge in [0.15, 0.2) is 5.13 Å². The average molecular weight is 241 g/mol. The topological polar surface area (TPSA) is 68.0 Å². The van der Waals surface area contributed by atoms with E-state index in [1.54, 1.807) is 0 Å². The monoisotopic (exact) mass is 241 g/mol. The zero-order chi connectivity index (χ0) is 12.3. The van der Waals surface area contributed by atoms with E-state index < -0.39 is 0 Å². The second-order valence-electron chi connectivity index (χ2n) is 4.56. The first-order chi connectivity index (χ1) is 7.36. The molecular weight excluding hydrogens is 222 g/mol. The lowest BCUT2D eigenvalue weighted by Crippen LogP contribution is -2.29. The number of carbonyl (C=O) groups excluding carboxylic acids is 1. The Hall–Kier alpha value is -0.940. The Balaban J connectivity index is 2.70. The molecule has 0 aliphatic rings. The normalized spacial score (nSPS) is 13.6. The van der Waals surface area contributed by atoms with E-state index in [2.05, 4.69) is 10.3 Å². The Kier molecular flexibility index (Phi) is 4.04. The number of aromatic nitrogens is 1. The van der Waals surface area contributed by atoms with Crippen LogP contribution in [0.1, 0.15) is 45.9 Å². The van der Waals surface area contributed by atoms with Gasteiger partial charge >= 0.3 is 0 Å². The van der Waals surface area contributed by atoms with E-state index in [1.165, 1.54) is 11.3 Å². The molecule has 0 aliphatic heterocycles. The smallest absolute Gasteiger partial charge is 0.231 e. The van der Waals surface area contributed by atoms with Crippen LogP contribution >= 0.6 is 11.3 Å². The summed E-state index contributed by atoms with van der Waals surface area (Å²) >= 11 is 1.41. The number of nitrogens with one attached hydrogen (secondary N) is 1. The minimum absolute atomic E-state index is 0.000532. The fourth-order valence-electron chi connectivity index (χ4n) is 0.980. The molecule has 0 spiro atoms. The van der Waals surface area contributed by atoms with Crippen LogP contribution < -0.4 is 11.1 Å². The molecule has 0 saturated carbocycles. The molecule has 1 unspecified atom stereocenters. The average Bonchev–Trinajstić information content (AvgIpc) is 2.66. The summed E-state index contributed by atoms with van der Waals surface area (Å²) in [6.07, 6.45) is 0.796. The summed E-state index contributed by atoms with van der Waals surface area (Å²) in [4.78, 5) is 16.1. The fourth-order valence-corrected chi connectivity index (χ4v) is 1.79. The van der Waals surface area contributed by atoms with Gasteiger partial charge in [0.25, 0.3) is 0 Å². The Morgan fingerprint density at radius 2 is 2.31 bits per heavy atom. The van der Waals surface area contributed by atoms with Crippen molar-refractivity contribution in [1.82, 2.24) is 4.98 Å². The van der Waals surface area contributed by atoms with E-state index in [0.29, 0.717) is 5.13 Å². The second kappa shape index (κ2) is 4.93. The molecule has 4 nitrogen and oxygen atoms in total. The van der Waals surface area contributed by atoms with Gasteiger partial charge in [0.05, 0.1) is 5.69 Å². The highest BCUT2D eigenvalue weighted by molar-refractivity contribution is 7.13. The van der Waals surface area contributed by atoms with Gasteiger partial charge in [0.2, 0.25) is 5.91 Å². The minimum atomic E-state index is -0.361. The first-order valence-corrected chi connectivity index (χ1v) is 6.27. The summed E-state index contributed by atoms with van der Waals surface area (Å²) < 4.78 is 0. The number of rotatable bonds is 4. The number of nitrogens with zero attached hydrogens (tertiary/aromatic N) is 1. The van der Waals surface area contributed by atoms with E-state index in [-0.39, 0.29) is 17.4 Å². The van der Waals surface area contributed by atoms with Crippen LogP contribution in [0.5, 0.6) is 0 Å². The van der Waals surface area contributed by atoms with Crippen LogP contribution in [0.3, 0.4) is 0 Å². The molecule has 1 rings (SSSR count). The number of amides is 1. The summed E-state index contributed by atoms with van der Waals surface area (Å²) in [5.41, 5.74) is 6.15. The van der Waals surface area contributed by atoms with Crippen LogP contribution in [0.2, 0.25) is 0 Å². The quantitative estimate of drug-likeness (QED) is 0.851. The van der Waals surface area contributed by atoms with Gasteiger partial charge in [-0.2, -0.15) is 0 Å². The zero-order valence-electron chi connectivity index (χ0n) is 10.2. The van der Waals surface area contributed by atoms with Gasteiger partial charge in [-0.1, -0.05) is 20.8 Å². The first kappa shape index (κ1) is 13.1. The lowest BCUT2D eigenvalue weighted by Gasteiger charge is -2.20. The molecule has 3 N–H and O–H groups in total. The lowest BCUT2D eigenvalue weighted by molar-refractivity contribution is -0.124. The standard InChI is InChI=1S/C11H19N3OS/c1-5-11(3,4)9(15)14-10-13-8(6-16-10)7(2)12/h6-7H,5,12H2,1-4H3,(H,13,14,15). The number of anilines is 1. The van der Waals surface area contributed by atoms with E-state index in [9.17, 15) is 4.79 Å². The molecule has 1 aromatic rings. The molecule has 0 aromatic carbocycles. The largest absolute Gasteiger partial charge is 0.323 e. The van der Waals surface area contributed by atoms with Gasteiger partial charge in [-0.25, -0.2) is 4.98 Å². The maximum atomic E-state index is 11.9. The van der Waals surface area contributed by atoms with Crippen molar-refractivity contribution in [1.29, 1.82) is 0 Å². The number of hydrogen-bond donors (Lipinski definition) is 2. The minimum Gasteiger partial charge on any atom is -0.323 e. The molecular formula is C11H19N3OS. The molecule has 0 saturated heterocycles. The third-order valence-electron chi connectivity index (χ3n) is 2.71. The van der Waals surface area contributed by atoms with Gasteiger partial charge in [0, 0.05) is 16.8 Å². The number of hydrogen-bond acceptors (Lipinski definition) is 4. The van der Waals surface area contributed by atoms with Crippen molar-refractivity contribution in [2.45, 2.75) is 40.2 Å². The Morgan fingerprint density at radius 1 is 1.69 bits per heavy atom. The molecule has 0 radical (unpaired) electrons. The summed E-state index contributed by atoms with van der Waals surface area (Å²) in [5, 5.41) is 5.32. The molecule has 1 heterocycles. The van der Waals surface area contributed by atoms with E-state index in [1.807, 2.05) is 33.1 Å². The zero-order valence-corrected chi connectivity index (χ0v) is 11.0. The van der Waals surface area contributed by atoms with Crippen molar-refractivity contribution < 1.29 is 4.79 Å².